The summed E-state index contributed by atoms with van der Waals surface area (Å²) in [5.41, 5.74) is 5.30. The molecule has 1 amide bonds. The number of aromatic nitrogens is 3. The lowest BCUT2D eigenvalue weighted by atomic mass is 10.0. The number of piperidine rings is 1. The number of ether oxygens (including phenoxy) is 2. The van der Waals surface area contributed by atoms with Gasteiger partial charge in [0.05, 0.1) is 16.8 Å². The molecule has 0 radical (unpaired) electrons. The van der Waals surface area contributed by atoms with Gasteiger partial charge in [-0.15, -0.1) is 0 Å². The number of carbonyl (C=O) groups excluding carboxylic acids is 1. The van der Waals surface area contributed by atoms with Crippen molar-refractivity contribution in [2.24, 2.45) is 0 Å². The second kappa shape index (κ2) is 9.69. The molecule has 188 valence electrons. The topological polar surface area (TPSA) is 89.5 Å². The van der Waals surface area contributed by atoms with E-state index in [-0.39, 0.29) is 11.9 Å². The Morgan fingerprint density at radius 3 is 2.65 bits per heavy atom. The number of benzene rings is 2. The number of rotatable bonds is 4. The standard InChI is InChI=1S/C29H29N5O3/c1-18-22(6-4-12-30-18)28(35)34-13-10-21(11-14-34)32-29-31-19(2)24-17-20(8-9-25(24)33-29)23-5-3-7-26-27(23)37-16-15-36-26/h3-9,12,17,21H,10-11,13-16H2,1-2H3,(H,31,32,33). The second-order valence-electron chi connectivity index (χ2n) is 9.54. The van der Waals surface area contributed by atoms with Crippen molar-refractivity contribution >= 4 is 22.8 Å². The van der Waals surface area contributed by atoms with E-state index in [9.17, 15) is 4.79 Å². The summed E-state index contributed by atoms with van der Waals surface area (Å²) in [5.74, 6) is 2.24. The van der Waals surface area contributed by atoms with Crippen LogP contribution in [0.15, 0.2) is 54.7 Å². The van der Waals surface area contributed by atoms with Gasteiger partial charge in [-0.2, -0.15) is 0 Å². The summed E-state index contributed by atoms with van der Waals surface area (Å²) in [7, 11) is 0. The lowest BCUT2D eigenvalue weighted by Gasteiger charge is -2.32. The minimum atomic E-state index is 0.0503. The number of hydrogen-bond acceptors (Lipinski definition) is 7. The van der Waals surface area contributed by atoms with Crippen molar-refractivity contribution in [2.45, 2.75) is 32.7 Å². The molecule has 2 aromatic heterocycles. The normalized spacial score (nSPS) is 15.6. The van der Waals surface area contributed by atoms with Crippen LogP contribution in [0, 0.1) is 13.8 Å². The largest absolute Gasteiger partial charge is 0.486 e. The van der Waals surface area contributed by atoms with Crippen LogP contribution in [0.3, 0.4) is 0 Å². The van der Waals surface area contributed by atoms with Gasteiger partial charge in [0.15, 0.2) is 11.5 Å². The third kappa shape index (κ3) is 4.55. The second-order valence-corrected chi connectivity index (χ2v) is 9.54. The molecule has 6 rings (SSSR count). The van der Waals surface area contributed by atoms with Crippen molar-refractivity contribution in [2.75, 3.05) is 31.6 Å². The molecule has 2 aliphatic rings. The predicted octanol–water partition coefficient (Wildman–Crippen LogP) is 4.80. The smallest absolute Gasteiger partial charge is 0.255 e. The van der Waals surface area contributed by atoms with E-state index in [0.717, 1.165) is 57.8 Å². The highest BCUT2D eigenvalue weighted by atomic mass is 16.6. The number of fused-ring (bicyclic) bond motifs is 2. The van der Waals surface area contributed by atoms with E-state index in [1.54, 1.807) is 6.20 Å². The highest BCUT2D eigenvalue weighted by Crippen LogP contribution is 2.40. The van der Waals surface area contributed by atoms with Gasteiger partial charge < -0.3 is 19.7 Å². The van der Waals surface area contributed by atoms with E-state index < -0.39 is 0 Å². The summed E-state index contributed by atoms with van der Waals surface area (Å²) in [6.07, 6.45) is 3.39. The first kappa shape index (κ1) is 23.2. The van der Waals surface area contributed by atoms with Gasteiger partial charge in [0.25, 0.3) is 5.91 Å². The number of pyridine rings is 1. The fourth-order valence-corrected chi connectivity index (χ4v) is 5.10. The zero-order valence-corrected chi connectivity index (χ0v) is 21.0. The molecular weight excluding hydrogens is 466 g/mol. The molecule has 0 unspecified atom stereocenters. The Morgan fingerprint density at radius 2 is 1.81 bits per heavy atom. The SMILES string of the molecule is Cc1ncccc1C(=O)N1CCC(Nc2nc(C)c3cc(-c4cccc5c4OCCO5)ccc3n2)CC1. The van der Waals surface area contributed by atoms with Gasteiger partial charge in [0.2, 0.25) is 5.95 Å². The van der Waals surface area contributed by atoms with E-state index in [2.05, 4.69) is 22.4 Å². The van der Waals surface area contributed by atoms with E-state index in [1.165, 1.54) is 0 Å². The Balaban J connectivity index is 1.17. The average molecular weight is 496 g/mol. The molecule has 4 heterocycles. The predicted molar refractivity (Wildman–Crippen MR) is 142 cm³/mol. The molecule has 37 heavy (non-hydrogen) atoms. The van der Waals surface area contributed by atoms with Gasteiger partial charge in [-0.3, -0.25) is 9.78 Å². The zero-order valence-electron chi connectivity index (χ0n) is 21.0. The van der Waals surface area contributed by atoms with Crippen LogP contribution in [-0.4, -0.2) is 58.1 Å². The maximum absolute atomic E-state index is 12.9. The summed E-state index contributed by atoms with van der Waals surface area (Å²) >= 11 is 0. The fraction of sp³-hybridized carbons (Fsp3) is 0.310. The number of para-hydroxylation sites is 1. The summed E-state index contributed by atoms with van der Waals surface area (Å²) < 4.78 is 11.7. The first-order chi connectivity index (χ1) is 18.1. The maximum Gasteiger partial charge on any atom is 0.255 e. The Labute approximate surface area is 215 Å². The number of anilines is 1. The molecule has 1 N–H and O–H groups in total. The molecule has 0 spiro atoms. The van der Waals surface area contributed by atoms with Crippen molar-refractivity contribution in [1.82, 2.24) is 19.9 Å². The molecule has 0 aliphatic carbocycles. The van der Waals surface area contributed by atoms with Crippen LogP contribution in [0.1, 0.15) is 34.6 Å². The Hall–Kier alpha value is -4.20. The molecule has 0 bridgehead atoms. The number of aryl methyl sites for hydroxylation is 2. The Morgan fingerprint density at radius 1 is 0.973 bits per heavy atom. The van der Waals surface area contributed by atoms with Gasteiger partial charge in [0.1, 0.15) is 13.2 Å². The van der Waals surface area contributed by atoms with Gasteiger partial charge in [-0.25, -0.2) is 9.97 Å². The lowest BCUT2D eigenvalue weighted by molar-refractivity contribution is 0.0717. The van der Waals surface area contributed by atoms with Crippen molar-refractivity contribution < 1.29 is 14.3 Å². The van der Waals surface area contributed by atoms with Crippen LogP contribution in [0.5, 0.6) is 11.5 Å². The summed E-state index contributed by atoms with van der Waals surface area (Å²) in [4.78, 5) is 28.6. The van der Waals surface area contributed by atoms with Crippen LogP contribution in [0.4, 0.5) is 5.95 Å². The van der Waals surface area contributed by atoms with Crippen molar-refractivity contribution in [3.05, 3.63) is 71.7 Å². The molecule has 4 aromatic rings. The number of nitrogens with zero attached hydrogens (tertiary/aromatic N) is 4. The third-order valence-corrected chi connectivity index (χ3v) is 7.12. The first-order valence-corrected chi connectivity index (χ1v) is 12.7. The maximum atomic E-state index is 12.9. The van der Waals surface area contributed by atoms with E-state index in [4.69, 9.17) is 19.4 Å². The molecule has 2 aromatic carbocycles. The first-order valence-electron chi connectivity index (χ1n) is 12.7. The van der Waals surface area contributed by atoms with E-state index in [0.29, 0.717) is 37.8 Å². The molecule has 8 heteroatoms. The van der Waals surface area contributed by atoms with Crippen molar-refractivity contribution in [1.29, 1.82) is 0 Å². The summed E-state index contributed by atoms with van der Waals surface area (Å²) in [6.45, 7) is 6.37. The van der Waals surface area contributed by atoms with Crippen LogP contribution in [0.25, 0.3) is 22.0 Å². The number of hydrogen-bond donors (Lipinski definition) is 1. The van der Waals surface area contributed by atoms with Crippen molar-refractivity contribution in [3.63, 3.8) is 0 Å². The Bertz CT molecular complexity index is 1480. The van der Waals surface area contributed by atoms with Crippen LogP contribution < -0.4 is 14.8 Å². The monoisotopic (exact) mass is 495 g/mol. The summed E-state index contributed by atoms with van der Waals surface area (Å²) in [5, 5.41) is 4.51. The highest BCUT2D eigenvalue weighted by Gasteiger charge is 2.25. The van der Waals surface area contributed by atoms with Gasteiger partial charge in [-0.05, 0) is 62.6 Å². The van der Waals surface area contributed by atoms with Crippen LogP contribution >= 0.6 is 0 Å². The van der Waals surface area contributed by atoms with Crippen LogP contribution in [0.2, 0.25) is 0 Å². The van der Waals surface area contributed by atoms with Gasteiger partial charge in [0, 0.05) is 42.0 Å². The molecule has 8 nitrogen and oxygen atoms in total. The molecule has 0 saturated carbocycles. The quantitative estimate of drug-likeness (QED) is 0.435. The summed E-state index contributed by atoms with van der Waals surface area (Å²) in [6, 6.07) is 16.1. The molecule has 1 saturated heterocycles. The zero-order chi connectivity index (χ0) is 25.4. The van der Waals surface area contributed by atoms with Gasteiger partial charge in [-0.1, -0.05) is 18.2 Å². The minimum Gasteiger partial charge on any atom is -0.486 e. The molecule has 0 atom stereocenters. The molecular formula is C29H29N5O3. The number of carbonyl (C=O) groups is 1. The fourth-order valence-electron chi connectivity index (χ4n) is 5.10. The van der Waals surface area contributed by atoms with E-state index >= 15 is 0 Å². The van der Waals surface area contributed by atoms with E-state index in [1.807, 2.05) is 55.1 Å². The number of likely N-dealkylation sites (tertiary alicyclic amines) is 1. The lowest BCUT2D eigenvalue weighted by Crippen LogP contribution is -2.42. The number of amides is 1. The minimum absolute atomic E-state index is 0.0503. The molecule has 1 fully saturated rings. The average Bonchev–Trinajstić information content (AvgIpc) is 2.93. The van der Waals surface area contributed by atoms with Crippen molar-refractivity contribution in [3.8, 4) is 22.6 Å². The number of nitrogens with one attached hydrogen (secondary N) is 1. The molecule has 2 aliphatic heterocycles. The van der Waals surface area contributed by atoms with Gasteiger partial charge >= 0.3 is 0 Å². The third-order valence-electron chi connectivity index (χ3n) is 7.12. The highest BCUT2D eigenvalue weighted by molar-refractivity contribution is 5.95. The Kier molecular flexibility index (Phi) is 6.08. The van der Waals surface area contributed by atoms with Crippen LogP contribution in [-0.2, 0) is 0 Å².